The number of ether oxygens (including phenoxy) is 1. The van der Waals surface area contributed by atoms with Gasteiger partial charge in [-0.1, -0.05) is 12.1 Å². The van der Waals surface area contributed by atoms with E-state index < -0.39 is 0 Å². The Hall–Kier alpha value is -2.68. The fourth-order valence-electron chi connectivity index (χ4n) is 5.38. The lowest BCUT2D eigenvalue weighted by Crippen LogP contribution is -2.78. The summed E-state index contributed by atoms with van der Waals surface area (Å²) < 4.78 is 5.19. The maximum absolute atomic E-state index is 5.19. The average Bonchev–Trinajstić information content (AvgIpc) is 3.32. The van der Waals surface area contributed by atoms with Gasteiger partial charge in [-0.05, 0) is 24.5 Å². The van der Waals surface area contributed by atoms with Crippen LogP contribution in [-0.2, 0) is 6.54 Å². The lowest BCUT2D eigenvalue weighted by Gasteiger charge is -2.63. The second kappa shape index (κ2) is 7.47. The van der Waals surface area contributed by atoms with Crippen LogP contribution < -0.4 is 10.1 Å². The number of fused-ring (bicyclic) bond motifs is 2. The van der Waals surface area contributed by atoms with Crippen LogP contribution in [-0.4, -0.2) is 81.0 Å². The van der Waals surface area contributed by atoms with Crippen LogP contribution in [0.4, 0.5) is 0 Å². The summed E-state index contributed by atoms with van der Waals surface area (Å²) in [6.45, 7) is 5.38. The zero-order valence-corrected chi connectivity index (χ0v) is 17.9. The van der Waals surface area contributed by atoms with Gasteiger partial charge in [0.05, 0.1) is 13.3 Å². The maximum Gasteiger partial charge on any atom is 0.212 e. The van der Waals surface area contributed by atoms with E-state index in [-0.39, 0.29) is 5.79 Å². The lowest BCUT2D eigenvalue weighted by molar-refractivity contribution is -0.155. The minimum Gasteiger partial charge on any atom is -0.481 e. The van der Waals surface area contributed by atoms with Crippen LogP contribution >= 0.6 is 0 Å². The van der Waals surface area contributed by atoms with Gasteiger partial charge < -0.3 is 10.1 Å². The van der Waals surface area contributed by atoms with E-state index in [4.69, 9.17) is 4.74 Å². The van der Waals surface area contributed by atoms with Gasteiger partial charge in [-0.2, -0.15) is 5.10 Å². The Morgan fingerprint density at radius 3 is 2.61 bits per heavy atom. The molecule has 0 aromatic carbocycles. The summed E-state index contributed by atoms with van der Waals surface area (Å²) in [5.74, 6) is 0.462. The summed E-state index contributed by atoms with van der Waals surface area (Å²) in [6.07, 6.45) is 15.1. The normalized spacial score (nSPS) is 30.8. The first-order valence-electron chi connectivity index (χ1n) is 11.2. The lowest BCUT2D eigenvalue weighted by atomic mass is 9.85. The molecule has 5 aliphatic rings. The molecule has 2 N–H and O–H groups in total. The van der Waals surface area contributed by atoms with Crippen molar-refractivity contribution in [2.75, 3.05) is 33.3 Å². The number of nitrogens with one attached hydrogen (secondary N) is 2. The number of piperidine rings is 1. The highest BCUT2D eigenvalue weighted by atomic mass is 16.5. The molecule has 3 atom stereocenters. The Morgan fingerprint density at radius 1 is 1.16 bits per heavy atom. The van der Waals surface area contributed by atoms with Crippen molar-refractivity contribution in [3.63, 3.8) is 0 Å². The molecule has 5 aliphatic heterocycles. The molecule has 2 bridgehead atoms. The van der Waals surface area contributed by atoms with Gasteiger partial charge >= 0.3 is 0 Å². The van der Waals surface area contributed by atoms with Crippen LogP contribution in [0.1, 0.15) is 24.0 Å². The Morgan fingerprint density at radius 2 is 2.03 bits per heavy atom. The standard InChI is InChI=1S/C23H29N7O/c1-31-22-4-3-17(10-24-22)14-30-20-9-21(30)16-29(15-20)23(28-7-2-8-28)6-5-18(11-25-23)19-12-26-27-13-19/h3-6,10-13,20-21,25H,2,7-9,14-16H2,1H3,(H,26,27). The number of hydrogen-bond donors (Lipinski definition) is 2. The molecule has 0 radical (unpaired) electrons. The van der Waals surface area contributed by atoms with Crippen LogP contribution in [0.15, 0.2) is 49.1 Å². The Balaban J connectivity index is 1.17. The second-order valence-corrected chi connectivity index (χ2v) is 8.96. The molecule has 31 heavy (non-hydrogen) atoms. The number of likely N-dealkylation sites (tertiary alicyclic amines) is 1. The number of aromatic nitrogens is 3. The highest BCUT2D eigenvalue weighted by Gasteiger charge is 2.52. The van der Waals surface area contributed by atoms with E-state index in [1.165, 1.54) is 24.0 Å². The van der Waals surface area contributed by atoms with E-state index in [0.717, 1.165) is 38.3 Å². The fraction of sp³-hybridized carbons (Fsp3) is 0.478. The molecule has 8 nitrogen and oxygen atoms in total. The van der Waals surface area contributed by atoms with Gasteiger partial charge in [-0.15, -0.1) is 0 Å². The molecular weight excluding hydrogens is 390 g/mol. The Bertz CT molecular complexity index is 970. The molecule has 3 unspecified atom stereocenters. The summed E-state index contributed by atoms with van der Waals surface area (Å²) in [5.41, 5.74) is 3.53. The van der Waals surface area contributed by atoms with Crippen molar-refractivity contribution in [1.29, 1.82) is 0 Å². The SMILES string of the molecule is COc1ccc(CN2C3CC2CN(C2(N4CCC4)C=CC(c4cn[nH]c4)=CN2)C3)cn1. The van der Waals surface area contributed by atoms with Crippen molar-refractivity contribution in [2.45, 2.75) is 37.3 Å². The van der Waals surface area contributed by atoms with Gasteiger partial charge in [-0.3, -0.25) is 19.8 Å². The molecule has 4 fully saturated rings. The number of H-pyrrole nitrogens is 1. The molecular formula is C23H29N7O. The van der Waals surface area contributed by atoms with Crippen LogP contribution in [0.2, 0.25) is 0 Å². The van der Waals surface area contributed by atoms with Crippen molar-refractivity contribution in [3.8, 4) is 5.88 Å². The maximum atomic E-state index is 5.19. The van der Waals surface area contributed by atoms with Gasteiger partial charge in [0, 0.05) is 80.6 Å². The monoisotopic (exact) mass is 419 g/mol. The quantitative estimate of drug-likeness (QED) is 0.737. The molecule has 8 heteroatoms. The third kappa shape index (κ3) is 3.17. The largest absolute Gasteiger partial charge is 0.481 e. The number of aromatic amines is 1. The van der Waals surface area contributed by atoms with Gasteiger partial charge in [-0.25, -0.2) is 4.98 Å². The van der Waals surface area contributed by atoms with Crippen LogP contribution in [0.5, 0.6) is 5.88 Å². The highest BCUT2D eigenvalue weighted by Crippen LogP contribution is 2.39. The second-order valence-electron chi connectivity index (χ2n) is 8.96. The molecule has 0 aliphatic carbocycles. The van der Waals surface area contributed by atoms with E-state index in [2.05, 4.69) is 59.6 Å². The zero-order valence-electron chi connectivity index (χ0n) is 17.9. The summed E-state index contributed by atoms with van der Waals surface area (Å²) in [6, 6.07) is 5.27. The number of rotatable bonds is 6. The minimum absolute atomic E-state index is 0.212. The van der Waals surface area contributed by atoms with Crippen LogP contribution in [0.3, 0.4) is 0 Å². The fourth-order valence-corrected chi connectivity index (χ4v) is 5.38. The molecule has 162 valence electrons. The molecule has 2 aromatic heterocycles. The van der Waals surface area contributed by atoms with E-state index in [0.29, 0.717) is 18.0 Å². The predicted octanol–water partition coefficient (Wildman–Crippen LogP) is 1.63. The van der Waals surface area contributed by atoms with Crippen molar-refractivity contribution < 1.29 is 4.74 Å². The molecule has 0 spiro atoms. The van der Waals surface area contributed by atoms with Gasteiger partial charge in [0.1, 0.15) is 0 Å². The molecule has 4 saturated heterocycles. The predicted molar refractivity (Wildman–Crippen MR) is 118 cm³/mol. The highest BCUT2D eigenvalue weighted by molar-refractivity contribution is 5.74. The van der Waals surface area contributed by atoms with Gasteiger partial charge in [0.2, 0.25) is 5.88 Å². The first-order valence-corrected chi connectivity index (χ1v) is 11.2. The number of nitrogens with zero attached hydrogens (tertiary/aromatic N) is 5. The summed E-state index contributed by atoms with van der Waals surface area (Å²) in [4.78, 5) is 12.2. The number of allylic oxidation sites excluding steroid dienone is 2. The zero-order chi connectivity index (χ0) is 20.8. The summed E-state index contributed by atoms with van der Waals surface area (Å²) >= 11 is 0. The molecule has 2 aromatic rings. The van der Waals surface area contributed by atoms with Gasteiger partial charge in [0.15, 0.2) is 5.79 Å². The number of dihydropyridines is 1. The minimum atomic E-state index is -0.212. The smallest absolute Gasteiger partial charge is 0.212 e. The third-order valence-electron chi connectivity index (χ3n) is 7.30. The van der Waals surface area contributed by atoms with E-state index in [1.54, 1.807) is 7.11 Å². The first kappa shape index (κ1) is 19.0. The first-order chi connectivity index (χ1) is 15.2. The van der Waals surface area contributed by atoms with Crippen molar-refractivity contribution in [2.24, 2.45) is 0 Å². The Kier molecular flexibility index (Phi) is 4.59. The van der Waals surface area contributed by atoms with Gasteiger partial charge in [0.25, 0.3) is 0 Å². The average molecular weight is 420 g/mol. The topological polar surface area (TPSA) is 72.6 Å². The van der Waals surface area contributed by atoms with Crippen LogP contribution in [0, 0.1) is 0 Å². The third-order valence-corrected chi connectivity index (χ3v) is 7.30. The van der Waals surface area contributed by atoms with Crippen LogP contribution in [0.25, 0.3) is 5.57 Å². The van der Waals surface area contributed by atoms with Crippen molar-refractivity contribution >= 4 is 5.57 Å². The molecule has 7 rings (SSSR count). The number of hydrogen-bond acceptors (Lipinski definition) is 7. The number of methoxy groups -OCH3 is 1. The van der Waals surface area contributed by atoms with E-state index >= 15 is 0 Å². The number of piperazine rings is 1. The summed E-state index contributed by atoms with van der Waals surface area (Å²) in [5, 5.41) is 10.8. The van der Waals surface area contributed by atoms with E-state index in [1.807, 2.05) is 24.7 Å². The van der Waals surface area contributed by atoms with Crippen molar-refractivity contribution in [1.82, 2.24) is 35.2 Å². The molecule has 0 saturated carbocycles. The molecule has 7 heterocycles. The van der Waals surface area contributed by atoms with E-state index in [9.17, 15) is 0 Å². The molecule has 0 amide bonds. The van der Waals surface area contributed by atoms with Crippen molar-refractivity contribution in [3.05, 3.63) is 60.2 Å². The summed E-state index contributed by atoms with van der Waals surface area (Å²) in [7, 11) is 1.66. The number of pyridine rings is 1. The Labute approximate surface area is 182 Å².